The van der Waals surface area contributed by atoms with Gasteiger partial charge in [-0.3, -0.25) is 4.90 Å². The molecule has 2 rings (SSSR count). The average molecular weight is 334 g/mol. The van der Waals surface area contributed by atoms with Crippen LogP contribution in [-0.4, -0.2) is 56.2 Å². The maximum absolute atomic E-state index is 6.07. The number of rotatable bonds is 4. The zero-order valence-electron chi connectivity index (χ0n) is 10.5. The van der Waals surface area contributed by atoms with E-state index in [4.69, 9.17) is 16.3 Å². The summed E-state index contributed by atoms with van der Waals surface area (Å²) < 4.78 is 6.72. The second-order valence-electron chi connectivity index (χ2n) is 4.57. The third-order valence-electron chi connectivity index (χ3n) is 3.15. The number of halogens is 2. The smallest absolute Gasteiger partial charge is 0.139 e. The highest BCUT2D eigenvalue weighted by Crippen LogP contribution is 2.27. The highest BCUT2D eigenvalue weighted by Gasteiger charge is 2.13. The Balaban J connectivity index is 1.76. The van der Waals surface area contributed by atoms with Gasteiger partial charge in [0.25, 0.3) is 0 Å². The lowest BCUT2D eigenvalue weighted by Gasteiger charge is -2.32. The zero-order valence-corrected chi connectivity index (χ0v) is 12.9. The number of ether oxygens (including phenoxy) is 1. The van der Waals surface area contributed by atoms with Gasteiger partial charge in [0.1, 0.15) is 12.4 Å². The summed E-state index contributed by atoms with van der Waals surface area (Å²) in [6.07, 6.45) is 0. The lowest BCUT2D eigenvalue weighted by Crippen LogP contribution is -2.45. The topological polar surface area (TPSA) is 15.7 Å². The molecule has 0 bridgehead atoms. The molecule has 1 heterocycles. The molecule has 1 aromatic rings. The van der Waals surface area contributed by atoms with E-state index < -0.39 is 0 Å². The number of likely N-dealkylation sites (N-methyl/N-ethyl adjacent to an activating group) is 1. The molecule has 0 aromatic heterocycles. The third kappa shape index (κ3) is 4.12. The first-order valence-corrected chi connectivity index (χ1v) is 7.31. The third-order valence-corrected chi connectivity index (χ3v) is 3.96. The standard InChI is InChI=1S/C13H18BrClN2O/c1-16-4-6-17(7-5-16)8-9-18-13-10-11(14)2-3-12(13)15/h2-3,10H,4-9H2,1H3. The Labute approximate surface area is 122 Å². The molecular weight excluding hydrogens is 316 g/mol. The molecule has 0 N–H and O–H groups in total. The van der Waals surface area contributed by atoms with Crippen LogP contribution in [0.5, 0.6) is 5.75 Å². The van der Waals surface area contributed by atoms with Crippen LogP contribution in [0.4, 0.5) is 0 Å². The molecule has 1 fully saturated rings. The minimum absolute atomic E-state index is 0.663. The summed E-state index contributed by atoms with van der Waals surface area (Å²) in [5.41, 5.74) is 0. The molecule has 1 aliphatic rings. The first-order chi connectivity index (χ1) is 8.65. The van der Waals surface area contributed by atoms with Gasteiger partial charge in [-0.25, -0.2) is 0 Å². The van der Waals surface area contributed by atoms with Gasteiger partial charge >= 0.3 is 0 Å². The van der Waals surface area contributed by atoms with Gasteiger partial charge in [-0.05, 0) is 25.2 Å². The van der Waals surface area contributed by atoms with Crippen molar-refractivity contribution in [3.63, 3.8) is 0 Å². The fourth-order valence-electron chi connectivity index (χ4n) is 1.94. The number of piperazine rings is 1. The van der Waals surface area contributed by atoms with E-state index in [2.05, 4.69) is 32.8 Å². The van der Waals surface area contributed by atoms with Crippen molar-refractivity contribution in [2.45, 2.75) is 0 Å². The Morgan fingerprint density at radius 1 is 1.28 bits per heavy atom. The highest BCUT2D eigenvalue weighted by molar-refractivity contribution is 9.10. The molecule has 0 amide bonds. The second-order valence-corrected chi connectivity index (χ2v) is 5.89. The van der Waals surface area contributed by atoms with E-state index >= 15 is 0 Å². The molecule has 3 nitrogen and oxygen atoms in total. The van der Waals surface area contributed by atoms with E-state index in [0.717, 1.165) is 42.9 Å². The quantitative estimate of drug-likeness (QED) is 0.842. The minimum atomic E-state index is 0.663. The van der Waals surface area contributed by atoms with Crippen LogP contribution in [-0.2, 0) is 0 Å². The number of benzene rings is 1. The van der Waals surface area contributed by atoms with Crippen LogP contribution in [0.15, 0.2) is 22.7 Å². The summed E-state index contributed by atoms with van der Waals surface area (Å²) in [7, 11) is 2.16. The van der Waals surface area contributed by atoms with Crippen molar-refractivity contribution in [1.82, 2.24) is 9.80 Å². The van der Waals surface area contributed by atoms with Gasteiger partial charge in [-0.1, -0.05) is 27.5 Å². The predicted molar refractivity (Wildman–Crippen MR) is 78.6 cm³/mol. The number of nitrogens with zero attached hydrogens (tertiary/aromatic N) is 2. The van der Waals surface area contributed by atoms with E-state index in [0.29, 0.717) is 11.6 Å². The van der Waals surface area contributed by atoms with Crippen LogP contribution in [0, 0.1) is 0 Å². The molecule has 0 atom stereocenters. The molecule has 18 heavy (non-hydrogen) atoms. The number of hydrogen-bond donors (Lipinski definition) is 0. The fraction of sp³-hybridized carbons (Fsp3) is 0.538. The lowest BCUT2D eigenvalue weighted by atomic mass is 10.3. The first kappa shape index (κ1) is 14.1. The van der Waals surface area contributed by atoms with Crippen LogP contribution in [0.2, 0.25) is 5.02 Å². The summed E-state index contributed by atoms with van der Waals surface area (Å²) in [5, 5.41) is 0.663. The van der Waals surface area contributed by atoms with Crippen molar-refractivity contribution in [3.8, 4) is 5.75 Å². The van der Waals surface area contributed by atoms with Crippen LogP contribution < -0.4 is 4.74 Å². The molecule has 1 saturated heterocycles. The zero-order chi connectivity index (χ0) is 13.0. The van der Waals surface area contributed by atoms with Crippen LogP contribution in [0.1, 0.15) is 0 Å². The second kappa shape index (κ2) is 6.75. The highest BCUT2D eigenvalue weighted by atomic mass is 79.9. The van der Waals surface area contributed by atoms with E-state index in [-0.39, 0.29) is 0 Å². The van der Waals surface area contributed by atoms with Crippen molar-refractivity contribution in [1.29, 1.82) is 0 Å². The van der Waals surface area contributed by atoms with Gasteiger partial charge in [-0.15, -0.1) is 0 Å². The summed E-state index contributed by atoms with van der Waals surface area (Å²) in [6, 6.07) is 5.67. The van der Waals surface area contributed by atoms with Crippen molar-refractivity contribution >= 4 is 27.5 Å². The molecule has 0 saturated carbocycles. The Bertz CT molecular complexity index is 395. The van der Waals surface area contributed by atoms with Crippen molar-refractivity contribution in [3.05, 3.63) is 27.7 Å². The maximum Gasteiger partial charge on any atom is 0.139 e. The Hall–Kier alpha value is -0.290. The molecule has 0 aliphatic carbocycles. The molecule has 5 heteroatoms. The van der Waals surface area contributed by atoms with Crippen molar-refractivity contribution in [2.75, 3.05) is 46.4 Å². The summed E-state index contributed by atoms with van der Waals surface area (Å²) in [6.45, 7) is 6.14. The number of hydrogen-bond acceptors (Lipinski definition) is 3. The molecule has 0 radical (unpaired) electrons. The molecule has 1 aliphatic heterocycles. The lowest BCUT2D eigenvalue weighted by molar-refractivity contribution is 0.134. The van der Waals surface area contributed by atoms with E-state index in [1.54, 1.807) is 0 Å². The van der Waals surface area contributed by atoms with Crippen molar-refractivity contribution < 1.29 is 4.74 Å². The van der Waals surface area contributed by atoms with Gasteiger partial charge in [0.05, 0.1) is 5.02 Å². The summed E-state index contributed by atoms with van der Waals surface area (Å²) in [5.74, 6) is 0.750. The van der Waals surface area contributed by atoms with Crippen LogP contribution >= 0.6 is 27.5 Å². The molecular formula is C13H18BrClN2O. The van der Waals surface area contributed by atoms with Gasteiger partial charge < -0.3 is 9.64 Å². The van der Waals surface area contributed by atoms with Crippen LogP contribution in [0.3, 0.4) is 0 Å². The maximum atomic E-state index is 6.07. The monoisotopic (exact) mass is 332 g/mol. The van der Waals surface area contributed by atoms with E-state index in [1.807, 2.05) is 18.2 Å². The van der Waals surface area contributed by atoms with E-state index in [9.17, 15) is 0 Å². The molecule has 100 valence electrons. The normalized spacial score (nSPS) is 17.9. The summed E-state index contributed by atoms with van der Waals surface area (Å²) >= 11 is 9.49. The van der Waals surface area contributed by atoms with E-state index in [1.165, 1.54) is 0 Å². The van der Waals surface area contributed by atoms with Gasteiger partial charge in [-0.2, -0.15) is 0 Å². The Morgan fingerprint density at radius 2 is 2.00 bits per heavy atom. The van der Waals surface area contributed by atoms with Gasteiger partial charge in [0, 0.05) is 37.2 Å². The largest absolute Gasteiger partial charge is 0.491 e. The summed E-state index contributed by atoms with van der Waals surface area (Å²) in [4.78, 5) is 4.77. The first-order valence-electron chi connectivity index (χ1n) is 6.14. The molecule has 0 spiro atoms. The predicted octanol–water partition coefficient (Wildman–Crippen LogP) is 2.73. The average Bonchev–Trinajstić information content (AvgIpc) is 2.36. The minimum Gasteiger partial charge on any atom is -0.491 e. The molecule has 0 unspecified atom stereocenters. The fourth-order valence-corrected chi connectivity index (χ4v) is 2.46. The Kier molecular flexibility index (Phi) is 5.30. The van der Waals surface area contributed by atoms with Crippen molar-refractivity contribution in [2.24, 2.45) is 0 Å². The van der Waals surface area contributed by atoms with Crippen LogP contribution in [0.25, 0.3) is 0 Å². The van der Waals surface area contributed by atoms with Gasteiger partial charge in [0.15, 0.2) is 0 Å². The SMILES string of the molecule is CN1CCN(CCOc2cc(Br)ccc2Cl)CC1. The molecule has 1 aromatic carbocycles. The van der Waals surface area contributed by atoms with Gasteiger partial charge in [0.2, 0.25) is 0 Å². The Morgan fingerprint density at radius 3 is 2.72 bits per heavy atom.